The van der Waals surface area contributed by atoms with Gasteiger partial charge in [-0.05, 0) is 55.3 Å². The van der Waals surface area contributed by atoms with Crippen molar-refractivity contribution in [3.8, 4) is 17.2 Å². The van der Waals surface area contributed by atoms with Gasteiger partial charge in [-0.1, -0.05) is 12.1 Å². The highest BCUT2D eigenvalue weighted by Crippen LogP contribution is 2.20. The van der Waals surface area contributed by atoms with E-state index in [4.69, 9.17) is 14.2 Å². The van der Waals surface area contributed by atoms with E-state index in [1.807, 2.05) is 32.0 Å². The highest BCUT2D eigenvalue weighted by atomic mass is 16.5. The first-order valence-corrected chi connectivity index (χ1v) is 7.82. The van der Waals surface area contributed by atoms with Gasteiger partial charge in [-0.25, -0.2) is 0 Å². The molecule has 0 bridgehead atoms. The fraction of sp³-hybridized carbons (Fsp3) is 0.316. The second kappa shape index (κ2) is 8.82. The molecule has 0 heterocycles. The molecule has 0 saturated carbocycles. The van der Waals surface area contributed by atoms with Crippen molar-refractivity contribution in [2.75, 3.05) is 26.9 Å². The summed E-state index contributed by atoms with van der Waals surface area (Å²) in [4.78, 5) is 11.8. The van der Waals surface area contributed by atoms with E-state index in [9.17, 15) is 4.79 Å². The van der Waals surface area contributed by atoms with Crippen LogP contribution in [-0.4, -0.2) is 32.8 Å². The lowest BCUT2D eigenvalue weighted by Crippen LogP contribution is -2.32. The summed E-state index contributed by atoms with van der Waals surface area (Å²) >= 11 is 0. The number of benzene rings is 2. The zero-order valence-electron chi connectivity index (χ0n) is 14.3. The molecule has 0 aliphatic heterocycles. The van der Waals surface area contributed by atoms with E-state index >= 15 is 0 Å². The topological polar surface area (TPSA) is 56.8 Å². The van der Waals surface area contributed by atoms with Crippen molar-refractivity contribution >= 4 is 5.91 Å². The number of methoxy groups -OCH3 is 1. The van der Waals surface area contributed by atoms with Crippen LogP contribution in [0.4, 0.5) is 0 Å². The second-order valence-electron chi connectivity index (χ2n) is 5.36. The molecule has 24 heavy (non-hydrogen) atoms. The van der Waals surface area contributed by atoms with Gasteiger partial charge in [0.15, 0.2) is 6.61 Å². The molecule has 0 unspecified atom stereocenters. The third kappa shape index (κ3) is 5.19. The molecule has 0 radical (unpaired) electrons. The van der Waals surface area contributed by atoms with E-state index < -0.39 is 0 Å². The zero-order valence-corrected chi connectivity index (χ0v) is 14.3. The molecule has 0 spiro atoms. The van der Waals surface area contributed by atoms with Crippen molar-refractivity contribution in [3.63, 3.8) is 0 Å². The average Bonchev–Trinajstić information content (AvgIpc) is 2.60. The third-order valence-electron chi connectivity index (χ3n) is 3.67. The van der Waals surface area contributed by atoms with Gasteiger partial charge in [-0.3, -0.25) is 4.79 Å². The van der Waals surface area contributed by atoms with Crippen LogP contribution in [0.15, 0.2) is 42.5 Å². The van der Waals surface area contributed by atoms with Gasteiger partial charge in [-0.15, -0.1) is 0 Å². The number of hydrogen-bond donors (Lipinski definition) is 1. The maximum absolute atomic E-state index is 11.8. The lowest BCUT2D eigenvalue weighted by atomic mass is 10.1. The highest BCUT2D eigenvalue weighted by molar-refractivity contribution is 5.77. The van der Waals surface area contributed by atoms with Gasteiger partial charge in [0.1, 0.15) is 23.9 Å². The normalized spacial score (nSPS) is 10.1. The first-order chi connectivity index (χ1) is 11.6. The maximum atomic E-state index is 11.8. The smallest absolute Gasteiger partial charge is 0.258 e. The molecular formula is C19H23NO4. The largest absolute Gasteiger partial charge is 0.497 e. The van der Waals surface area contributed by atoms with Gasteiger partial charge in [-0.2, -0.15) is 0 Å². The first-order valence-electron chi connectivity index (χ1n) is 7.82. The SMILES string of the molecule is COc1ccc(OCC(=O)NCCOc2cccc(C)c2C)cc1. The zero-order chi connectivity index (χ0) is 17.4. The minimum absolute atomic E-state index is 0.0319. The van der Waals surface area contributed by atoms with Crippen molar-refractivity contribution in [1.82, 2.24) is 5.32 Å². The molecule has 0 aliphatic rings. The monoisotopic (exact) mass is 329 g/mol. The number of amides is 1. The summed E-state index contributed by atoms with van der Waals surface area (Å²) in [6.45, 7) is 4.87. The van der Waals surface area contributed by atoms with Crippen LogP contribution >= 0.6 is 0 Å². The molecule has 0 atom stereocenters. The Labute approximate surface area is 142 Å². The van der Waals surface area contributed by atoms with Crippen molar-refractivity contribution in [2.45, 2.75) is 13.8 Å². The van der Waals surface area contributed by atoms with Gasteiger partial charge in [0.25, 0.3) is 5.91 Å². The number of nitrogens with one attached hydrogen (secondary N) is 1. The Balaban J connectivity index is 1.66. The van der Waals surface area contributed by atoms with Crippen LogP contribution in [0, 0.1) is 13.8 Å². The Morgan fingerprint density at radius 3 is 2.42 bits per heavy atom. The van der Waals surface area contributed by atoms with Crippen LogP contribution in [0.5, 0.6) is 17.2 Å². The van der Waals surface area contributed by atoms with E-state index in [0.717, 1.165) is 17.1 Å². The quantitative estimate of drug-likeness (QED) is 0.757. The van der Waals surface area contributed by atoms with Crippen LogP contribution in [0.2, 0.25) is 0 Å². The molecule has 2 rings (SSSR count). The van der Waals surface area contributed by atoms with Crippen molar-refractivity contribution < 1.29 is 19.0 Å². The lowest BCUT2D eigenvalue weighted by molar-refractivity contribution is -0.123. The third-order valence-corrected chi connectivity index (χ3v) is 3.67. The molecule has 0 aliphatic carbocycles. The summed E-state index contributed by atoms with van der Waals surface area (Å²) < 4.78 is 16.2. The minimum Gasteiger partial charge on any atom is -0.497 e. The summed E-state index contributed by atoms with van der Waals surface area (Å²) in [5.74, 6) is 2.03. The number of carbonyl (C=O) groups is 1. The van der Waals surface area contributed by atoms with E-state index in [1.165, 1.54) is 5.56 Å². The fourth-order valence-electron chi connectivity index (χ4n) is 2.10. The Hall–Kier alpha value is -2.69. The molecule has 5 heteroatoms. The van der Waals surface area contributed by atoms with E-state index in [0.29, 0.717) is 18.9 Å². The van der Waals surface area contributed by atoms with Crippen LogP contribution in [-0.2, 0) is 4.79 Å². The van der Waals surface area contributed by atoms with E-state index in [-0.39, 0.29) is 12.5 Å². The second-order valence-corrected chi connectivity index (χ2v) is 5.36. The van der Waals surface area contributed by atoms with Gasteiger partial charge >= 0.3 is 0 Å². The molecule has 5 nitrogen and oxygen atoms in total. The number of carbonyl (C=O) groups excluding carboxylic acids is 1. The molecule has 2 aromatic carbocycles. The first kappa shape index (κ1) is 17.7. The number of hydrogen-bond acceptors (Lipinski definition) is 4. The van der Waals surface area contributed by atoms with E-state index in [1.54, 1.807) is 31.4 Å². The summed E-state index contributed by atoms with van der Waals surface area (Å²) in [7, 11) is 1.60. The summed E-state index contributed by atoms with van der Waals surface area (Å²) in [6, 6.07) is 13.0. The Morgan fingerprint density at radius 1 is 1.00 bits per heavy atom. The number of aryl methyl sites for hydroxylation is 1. The summed E-state index contributed by atoms with van der Waals surface area (Å²) in [6.07, 6.45) is 0. The Bertz CT molecular complexity index is 668. The summed E-state index contributed by atoms with van der Waals surface area (Å²) in [5, 5.41) is 2.77. The molecular weight excluding hydrogens is 306 g/mol. The Morgan fingerprint density at radius 2 is 1.71 bits per heavy atom. The molecule has 0 aromatic heterocycles. The highest BCUT2D eigenvalue weighted by Gasteiger charge is 2.04. The Kier molecular flexibility index (Phi) is 6.49. The molecule has 128 valence electrons. The molecule has 1 N–H and O–H groups in total. The predicted octanol–water partition coefficient (Wildman–Crippen LogP) is 2.89. The summed E-state index contributed by atoms with van der Waals surface area (Å²) in [5.41, 5.74) is 2.30. The fourth-order valence-corrected chi connectivity index (χ4v) is 2.10. The van der Waals surface area contributed by atoms with Crippen molar-refractivity contribution in [3.05, 3.63) is 53.6 Å². The van der Waals surface area contributed by atoms with Crippen molar-refractivity contribution in [2.24, 2.45) is 0 Å². The van der Waals surface area contributed by atoms with Crippen LogP contribution in [0.25, 0.3) is 0 Å². The number of rotatable bonds is 8. The predicted molar refractivity (Wildman–Crippen MR) is 92.9 cm³/mol. The van der Waals surface area contributed by atoms with Crippen molar-refractivity contribution in [1.29, 1.82) is 0 Å². The average molecular weight is 329 g/mol. The lowest BCUT2D eigenvalue weighted by Gasteiger charge is -2.11. The number of ether oxygens (including phenoxy) is 3. The van der Waals surface area contributed by atoms with E-state index in [2.05, 4.69) is 5.32 Å². The van der Waals surface area contributed by atoms with Gasteiger partial charge < -0.3 is 19.5 Å². The molecule has 0 fully saturated rings. The van der Waals surface area contributed by atoms with Gasteiger partial charge in [0.05, 0.1) is 13.7 Å². The maximum Gasteiger partial charge on any atom is 0.258 e. The molecule has 2 aromatic rings. The van der Waals surface area contributed by atoms with Crippen LogP contribution < -0.4 is 19.5 Å². The standard InChI is InChI=1S/C19H23NO4/c1-14-5-4-6-18(15(14)2)23-12-11-20-19(21)13-24-17-9-7-16(22-3)8-10-17/h4-10H,11-13H2,1-3H3,(H,20,21). The minimum atomic E-state index is -0.185. The van der Waals surface area contributed by atoms with Gasteiger partial charge in [0.2, 0.25) is 0 Å². The van der Waals surface area contributed by atoms with Gasteiger partial charge in [0, 0.05) is 0 Å². The van der Waals surface area contributed by atoms with Crippen LogP contribution in [0.3, 0.4) is 0 Å². The van der Waals surface area contributed by atoms with Crippen LogP contribution in [0.1, 0.15) is 11.1 Å². The molecule has 1 amide bonds. The molecule has 0 saturated heterocycles.